The third-order valence-electron chi connectivity index (χ3n) is 2.00. The van der Waals surface area contributed by atoms with Crippen LogP contribution in [-0.4, -0.2) is 10.2 Å². The maximum atomic E-state index is 5.57. The number of benzene rings is 1. The molecule has 0 aliphatic rings. The first-order chi connectivity index (χ1) is 6.42. The predicted octanol–water partition coefficient (Wildman–Crippen LogP) is 1.54. The number of nitrogens with one attached hydrogen (secondary N) is 1. The average Bonchev–Trinajstić information content (AvgIpc) is 2.67. The van der Waals surface area contributed by atoms with Crippen LogP contribution in [-0.2, 0) is 6.54 Å². The quantitative estimate of drug-likeness (QED) is 0.723. The van der Waals surface area contributed by atoms with Gasteiger partial charge in [-0.3, -0.25) is 5.10 Å². The third kappa shape index (κ3) is 1.46. The van der Waals surface area contributed by atoms with E-state index in [0.717, 1.165) is 16.8 Å². The van der Waals surface area contributed by atoms with E-state index in [4.69, 9.17) is 5.73 Å². The van der Waals surface area contributed by atoms with E-state index in [-0.39, 0.29) is 0 Å². The molecule has 0 saturated carbocycles. The first kappa shape index (κ1) is 8.01. The standard InChI is InChI=1S/C10H11N3/c11-6-9-7-12-13-10(9)8-4-2-1-3-5-8/h1-5,7H,6,11H2,(H,12,13). The second-order valence-electron chi connectivity index (χ2n) is 2.84. The highest BCUT2D eigenvalue weighted by atomic mass is 15.1. The summed E-state index contributed by atoms with van der Waals surface area (Å²) in [6, 6.07) is 10.0. The van der Waals surface area contributed by atoms with Crippen LogP contribution in [0.15, 0.2) is 36.5 Å². The Balaban J connectivity index is 2.47. The molecule has 3 N–H and O–H groups in total. The Bertz CT molecular complexity index is 378. The van der Waals surface area contributed by atoms with E-state index in [1.54, 1.807) is 6.20 Å². The number of aromatic amines is 1. The first-order valence-electron chi connectivity index (χ1n) is 4.19. The van der Waals surface area contributed by atoms with Crippen molar-refractivity contribution in [3.05, 3.63) is 42.1 Å². The Morgan fingerprint density at radius 3 is 2.69 bits per heavy atom. The molecule has 2 rings (SSSR count). The summed E-state index contributed by atoms with van der Waals surface area (Å²) in [5, 5.41) is 6.91. The molecule has 0 atom stereocenters. The molecule has 0 bridgehead atoms. The van der Waals surface area contributed by atoms with Crippen molar-refractivity contribution >= 4 is 0 Å². The van der Waals surface area contributed by atoms with Crippen molar-refractivity contribution in [2.75, 3.05) is 0 Å². The SMILES string of the molecule is NCc1cn[nH]c1-c1ccccc1. The molecule has 2 aromatic rings. The van der Waals surface area contributed by atoms with Crippen LogP contribution < -0.4 is 5.73 Å². The third-order valence-corrected chi connectivity index (χ3v) is 2.00. The molecular weight excluding hydrogens is 162 g/mol. The van der Waals surface area contributed by atoms with Crippen LogP contribution in [0, 0.1) is 0 Å². The predicted molar refractivity (Wildman–Crippen MR) is 51.9 cm³/mol. The summed E-state index contributed by atoms with van der Waals surface area (Å²) >= 11 is 0. The van der Waals surface area contributed by atoms with Gasteiger partial charge in [0.15, 0.2) is 0 Å². The Hall–Kier alpha value is -1.61. The van der Waals surface area contributed by atoms with Gasteiger partial charge in [-0.15, -0.1) is 0 Å². The van der Waals surface area contributed by atoms with Crippen LogP contribution >= 0.6 is 0 Å². The van der Waals surface area contributed by atoms with Crippen LogP contribution in [0.2, 0.25) is 0 Å². The highest BCUT2D eigenvalue weighted by molar-refractivity contribution is 5.62. The number of hydrogen-bond acceptors (Lipinski definition) is 2. The lowest BCUT2D eigenvalue weighted by molar-refractivity contribution is 1.08. The Morgan fingerprint density at radius 2 is 2.00 bits per heavy atom. The van der Waals surface area contributed by atoms with Crippen molar-refractivity contribution < 1.29 is 0 Å². The largest absolute Gasteiger partial charge is 0.326 e. The van der Waals surface area contributed by atoms with Crippen LogP contribution in [0.25, 0.3) is 11.3 Å². The van der Waals surface area contributed by atoms with Gasteiger partial charge in [0.25, 0.3) is 0 Å². The molecule has 0 saturated heterocycles. The lowest BCUT2D eigenvalue weighted by atomic mass is 10.1. The molecule has 1 aromatic carbocycles. The minimum Gasteiger partial charge on any atom is -0.326 e. The van der Waals surface area contributed by atoms with E-state index < -0.39 is 0 Å². The maximum Gasteiger partial charge on any atom is 0.0695 e. The fraction of sp³-hybridized carbons (Fsp3) is 0.100. The van der Waals surface area contributed by atoms with Crippen molar-refractivity contribution in [2.45, 2.75) is 6.54 Å². The summed E-state index contributed by atoms with van der Waals surface area (Å²) in [5.41, 5.74) is 8.76. The first-order valence-corrected chi connectivity index (χ1v) is 4.19. The number of H-pyrrole nitrogens is 1. The second kappa shape index (κ2) is 3.41. The molecule has 3 heteroatoms. The summed E-state index contributed by atoms with van der Waals surface area (Å²) in [5.74, 6) is 0. The summed E-state index contributed by atoms with van der Waals surface area (Å²) in [4.78, 5) is 0. The molecule has 0 spiro atoms. The second-order valence-corrected chi connectivity index (χ2v) is 2.84. The monoisotopic (exact) mass is 173 g/mol. The molecule has 0 aliphatic carbocycles. The smallest absolute Gasteiger partial charge is 0.0695 e. The van der Waals surface area contributed by atoms with Gasteiger partial charge in [0, 0.05) is 12.1 Å². The van der Waals surface area contributed by atoms with E-state index in [9.17, 15) is 0 Å². The zero-order chi connectivity index (χ0) is 9.10. The van der Waals surface area contributed by atoms with Gasteiger partial charge in [-0.05, 0) is 5.56 Å². The van der Waals surface area contributed by atoms with Gasteiger partial charge in [-0.1, -0.05) is 30.3 Å². The summed E-state index contributed by atoms with van der Waals surface area (Å²) in [6.45, 7) is 0.515. The lowest BCUT2D eigenvalue weighted by Gasteiger charge is -1.99. The van der Waals surface area contributed by atoms with Gasteiger partial charge in [-0.2, -0.15) is 5.10 Å². The van der Waals surface area contributed by atoms with Gasteiger partial charge >= 0.3 is 0 Å². The van der Waals surface area contributed by atoms with Gasteiger partial charge in [-0.25, -0.2) is 0 Å². The fourth-order valence-electron chi connectivity index (χ4n) is 1.32. The minimum absolute atomic E-state index is 0.515. The highest BCUT2D eigenvalue weighted by Gasteiger charge is 2.04. The molecule has 1 aromatic heterocycles. The summed E-state index contributed by atoms with van der Waals surface area (Å²) < 4.78 is 0. The molecule has 0 fully saturated rings. The number of nitrogens with zero attached hydrogens (tertiary/aromatic N) is 1. The van der Waals surface area contributed by atoms with Gasteiger partial charge in [0.05, 0.1) is 11.9 Å². The number of nitrogens with two attached hydrogens (primary N) is 1. The molecule has 0 radical (unpaired) electrons. The Labute approximate surface area is 76.6 Å². The lowest BCUT2D eigenvalue weighted by Crippen LogP contribution is -1.96. The van der Waals surface area contributed by atoms with Crippen molar-refractivity contribution in [1.29, 1.82) is 0 Å². The number of aromatic nitrogens is 2. The molecule has 0 amide bonds. The molecule has 1 heterocycles. The molecule has 3 nitrogen and oxygen atoms in total. The molecule has 0 unspecified atom stereocenters. The molecule has 66 valence electrons. The zero-order valence-corrected chi connectivity index (χ0v) is 7.20. The van der Waals surface area contributed by atoms with Crippen molar-refractivity contribution in [1.82, 2.24) is 10.2 Å². The summed E-state index contributed by atoms with van der Waals surface area (Å²) in [7, 11) is 0. The molecule has 13 heavy (non-hydrogen) atoms. The highest BCUT2D eigenvalue weighted by Crippen LogP contribution is 2.19. The molecule has 0 aliphatic heterocycles. The minimum atomic E-state index is 0.515. The van der Waals surface area contributed by atoms with Crippen LogP contribution in [0.1, 0.15) is 5.56 Å². The van der Waals surface area contributed by atoms with Gasteiger partial charge < -0.3 is 5.73 Å². The molecular formula is C10H11N3. The Kier molecular flexibility index (Phi) is 2.10. The normalized spacial score (nSPS) is 10.2. The van der Waals surface area contributed by atoms with Crippen molar-refractivity contribution in [3.8, 4) is 11.3 Å². The average molecular weight is 173 g/mol. The maximum absolute atomic E-state index is 5.57. The summed E-state index contributed by atoms with van der Waals surface area (Å²) in [6.07, 6.45) is 1.77. The van der Waals surface area contributed by atoms with Crippen molar-refractivity contribution in [3.63, 3.8) is 0 Å². The fourth-order valence-corrected chi connectivity index (χ4v) is 1.32. The van der Waals surface area contributed by atoms with Crippen LogP contribution in [0.5, 0.6) is 0 Å². The number of rotatable bonds is 2. The van der Waals surface area contributed by atoms with Crippen LogP contribution in [0.4, 0.5) is 0 Å². The van der Waals surface area contributed by atoms with Crippen LogP contribution in [0.3, 0.4) is 0 Å². The van der Waals surface area contributed by atoms with E-state index >= 15 is 0 Å². The number of hydrogen-bond donors (Lipinski definition) is 2. The topological polar surface area (TPSA) is 54.7 Å². The Morgan fingerprint density at radius 1 is 1.23 bits per heavy atom. The van der Waals surface area contributed by atoms with Crippen molar-refractivity contribution in [2.24, 2.45) is 5.73 Å². The van der Waals surface area contributed by atoms with Gasteiger partial charge in [0.1, 0.15) is 0 Å². The van der Waals surface area contributed by atoms with E-state index in [2.05, 4.69) is 10.2 Å². The zero-order valence-electron chi connectivity index (χ0n) is 7.20. The van der Waals surface area contributed by atoms with E-state index in [0.29, 0.717) is 6.54 Å². The van der Waals surface area contributed by atoms with E-state index in [1.807, 2.05) is 30.3 Å². The van der Waals surface area contributed by atoms with E-state index in [1.165, 1.54) is 0 Å². The van der Waals surface area contributed by atoms with Gasteiger partial charge in [0.2, 0.25) is 0 Å².